The van der Waals surface area contributed by atoms with Gasteiger partial charge in [-0.15, -0.1) is 0 Å². The van der Waals surface area contributed by atoms with Gasteiger partial charge >= 0.3 is 0 Å². The number of carbonyl (C=O) groups excluding carboxylic acids is 3. The molecule has 0 spiro atoms. The molecule has 2 aromatic carbocycles. The van der Waals surface area contributed by atoms with Crippen molar-refractivity contribution >= 4 is 23.4 Å². The Kier molecular flexibility index (Phi) is 7.40. The van der Waals surface area contributed by atoms with Crippen LogP contribution >= 0.6 is 0 Å². The zero-order valence-electron chi connectivity index (χ0n) is 16.8. The highest BCUT2D eigenvalue weighted by atomic mass is 16.5. The maximum atomic E-state index is 12.3. The maximum absolute atomic E-state index is 12.3. The van der Waals surface area contributed by atoms with E-state index in [0.717, 1.165) is 12.8 Å². The fourth-order valence-electron chi connectivity index (χ4n) is 3.03. The first kappa shape index (κ1) is 21.3. The van der Waals surface area contributed by atoms with Gasteiger partial charge in [0.1, 0.15) is 11.9 Å². The van der Waals surface area contributed by atoms with E-state index in [1.54, 1.807) is 55.6 Å². The first-order chi connectivity index (χ1) is 14.6. The summed E-state index contributed by atoms with van der Waals surface area (Å²) in [5, 5.41) is 8.28. The summed E-state index contributed by atoms with van der Waals surface area (Å²) in [5.74, 6) is -0.0698. The van der Waals surface area contributed by atoms with Crippen molar-refractivity contribution in [3.05, 3.63) is 59.7 Å². The number of ether oxygens (including phenoxy) is 2. The highest BCUT2D eigenvalue weighted by Crippen LogP contribution is 2.15. The van der Waals surface area contributed by atoms with Crippen LogP contribution in [0.2, 0.25) is 0 Å². The molecule has 8 heteroatoms. The molecule has 1 heterocycles. The van der Waals surface area contributed by atoms with Gasteiger partial charge in [0, 0.05) is 36.5 Å². The standard InChI is InChI=1S/C22H25N3O5/c1-29-18-5-2-4-16(14-18)21(27)25-17-9-7-15(8-10-17)20(26)23-11-12-24-22(28)19-6-3-13-30-19/h2,4-5,7-10,14,19H,3,6,11-13H2,1H3,(H,23,26)(H,24,28)(H,25,27). The van der Waals surface area contributed by atoms with Gasteiger partial charge in [-0.25, -0.2) is 0 Å². The first-order valence-corrected chi connectivity index (χ1v) is 9.80. The second-order valence-electron chi connectivity index (χ2n) is 6.81. The zero-order valence-corrected chi connectivity index (χ0v) is 16.8. The molecule has 1 unspecified atom stereocenters. The summed E-state index contributed by atoms with van der Waals surface area (Å²) in [6, 6.07) is 13.4. The average molecular weight is 411 g/mol. The van der Waals surface area contributed by atoms with Gasteiger partial charge in [-0.1, -0.05) is 6.07 Å². The predicted molar refractivity (Wildman–Crippen MR) is 112 cm³/mol. The van der Waals surface area contributed by atoms with Crippen LogP contribution in [0.15, 0.2) is 48.5 Å². The number of carbonyl (C=O) groups is 3. The minimum Gasteiger partial charge on any atom is -0.497 e. The molecular weight excluding hydrogens is 386 g/mol. The quantitative estimate of drug-likeness (QED) is 0.576. The van der Waals surface area contributed by atoms with Gasteiger partial charge in [-0.3, -0.25) is 14.4 Å². The van der Waals surface area contributed by atoms with E-state index in [2.05, 4.69) is 16.0 Å². The van der Waals surface area contributed by atoms with Crippen LogP contribution in [0.1, 0.15) is 33.6 Å². The highest BCUT2D eigenvalue weighted by molar-refractivity contribution is 6.04. The summed E-state index contributed by atoms with van der Waals surface area (Å²) in [4.78, 5) is 36.4. The Hall–Kier alpha value is -3.39. The summed E-state index contributed by atoms with van der Waals surface area (Å²) < 4.78 is 10.4. The molecule has 1 atom stereocenters. The second-order valence-corrected chi connectivity index (χ2v) is 6.81. The number of anilines is 1. The SMILES string of the molecule is COc1cccc(C(=O)Nc2ccc(C(=O)NCCNC(=O)C3CCCO3)cc2)c1. The van der Waals surface area contributed by atoms with Crippen molar-refractivity contribution in [2.24, 2.45) is 0 Å². The van der Waals surface area contributed by atoms with Gasteiger partial charge in [-0.05, 0) is 55.3 Å². The number of methoxy groups -OCH3 is 1. The number of amides is 3. The Labute approximate surface area is 174 Å². The molecule has 0 saturated carbocycles. The number of benzene rings is 2. The third kappa shape index (κ3) is 5.81. The van der Waals surface area contributed by atoms with Crippen LogP contribution in [0, 0.1) is 0 Å². The third-order valence-electron chi connectivity index (χ3n) is 4.67. The molecule has 1 saturated heterocycles. The molecule has 0 bridgehead atoms. The van der Waals surface area contributed by atoms with E-state index in [1.165, 1.54) is 0 Å². The van der Waals surface area contributed by atoms with Crippen molar-refractivity contribution < 1.29 is 23.9 Å². The molecule has 3 rings (SSSR count). The Morgan fingerprint density at radius 2 is 1.77 bits per heavy atom. The normalized spacial score (nSPS) is 15.3. The van der Waals surface area contributed by atoms with Crippen LogP contribution < -0.4 is 20.7 Å². The first-order valence-electron chi connectivity index (χ1n) is 9.80. The fraction of sp³-hybridized carbons (Fsp3) is 0.318. The predicted octanol–water partition coefficient (Wildman–Crippen LogP) is 1.97. The summed E-state index contributed by atoms with van der Waals surface area (Å²) in [7, 11) is 1.54. The molecule has 8 nitrogen and oxygen atoms in total. The topological polar surface area (TPSA) is 106 Å². The highest BCUT2D eigenvalue weighted by Gasteiger charge is 2.22. The summed E-state index contributed by atoms with van der Waals surface area (Å²) >= 11 is 0. The average Bonchev–Trinajstić information content (AvgIpc) is 3.32. The Morgan fingerprint density at radius 3 is 2.47 bits per heavy atom. The molecular formula is C22H25N3O5. The van der Waals surface area contributed by atoms with Crippen LogP contribution in [0.3, 0.4) is 0 Å². The van der Waals surface area contributed by atoms with Gasteiger partial charge in [0.25, 0.3) is 11.8 Å². The van der Waals surface area contributed by atoms with Crippen molar-refractivity contribution in [3.8, 4) is 5.75 Å². The number of hydrogen-bond donors (Lipinski definition) is 3. The van der Waals surface area contributed by atoms with Gasteiger partial charge in [0.15, 0.2) is 0 Å². The Bertz CT molecular complexity index is 892. The Morgan fingerprint density at radius 1 is 1.00 bits per heavy atom. The van der Waals surface area contributed by atoms with Crippen molar-refractivity contribution in [1.29, 1.82) is 0 Å². The van der Waals surface area contributed by atoms with Gasteiger partial charge < -0.3 is 25.4 Å². The van der Waals surface area contributed by atoms with Crippen molar-refractivity contribution in [1.82, 2.24) is 10.6 Å². The monoisotopic (exact) mass is 411 g/mol. The largest absolute Gasteiger partial charge is 0.497 e. The van der Waals surface area contributed by atoms with Crippen molar-refractivity contribution in [3.63, 3.8) is 0 Å². The van der Waals surface area contributed by atoms with E-state index in [9.17, 15) is 14.4 Å². The van der Waals surface area contributed by atoms with Crippen LogP contribution in [0.5, 0.6) is 5.75 Å². The van der Waals surface area contributed by atoms with E-state index in [1.807, 2.05) is 0 Å². The molecule has 2 aromatic rings. The molecule has 30 heavy (non-hydrogen) atoms. The molecule has 3 amide bonds. The Balaban J connectivity index is 1.44. The lowest BCUT2D eigenvalue weighted by atomic mass is 10.1. The molecule has 0 radical (unpaired) electrons. The lowest BCUT2D eigenvalue weighted by Gasteiger charge is -2.11. The smallest absolute Gasteiger partial charge is 0.255 e. The molecule has 0 aliphatic carbocycles. The lowest BCUT2D eigenvalue weighted by Crippen LogP contribution is -2.39. The van der Waals surface area contributed by atoms with E-state index >= 15 is 0 Å². The number of nitrogens with one attached hydrogen (secondary N) is 3. The van der Waals surface area contributed by atoms with Crippen LogP contribution in [-0.2, 0) is 9.53 Å². The van der Waals surface area contributed by atoms with E-state index in [-0.39, 0.29) is 23.8 Å². The minimum atomic E-state index is -0.375. The fourth-order valence-corrected chi connectivity index (χ4v) is 3.03. The molecule has 3 N–H and O–H groups in total. The number of rotatable bonds is 8. The van der Waals surface area contributed by atoms with Gasteiger partial charge in [-0.2, -0.15) is 0 Å². The summed E-state index contributed by atoms with van der Waals surface area (Å²) in [6.07, 6.45) is 1.25. The van der Waals surface area contributed by atoms with Crippen LogP contribution in [0.25, 0.3) is 0 Å². The van der Waals surface area contributed by atoms with Crippen molar-refractivity contribution in [2.45, 2.75) is 18.9 Å². The second kappa shape index (κ2) is 10.4. The lowest BCUT2D eigenvalue weighted by molar-refractivity contribution is -0.129. The summed E-state index contributed by atoms with van der Waals surface area (Å²) in [6.45, 7) is 1.26. The van der Waals surface area contributed by atoms with Gasteiger partial charge in [0.2, 0.25) is 5.91 Å². The number of hydrogen-bond acceptors (Lipinski definition) is 5. The molecule has 0 aromatic heterocycles. The third-order valence-corrected chi connectivity index (χ3v) is 4.67. The van der Waals surface area contributed by atoms with E-state index in [0.29, 0.717) is 42.3 Å². The summed E-state index contributed by atoms with van der Waals surface area (Å²) in [5.41, 5.74) is 1.50. The maximum Gasteiger partial charge on any atom is 0.255 e. The van der Waals surface area contributed by atoms with Crippen LogP contribution in [-0.4, -0.2) is 50.6 Å². The van der Waals surface area contributed by atoms with Crippen molar-refractivity contribution in [2.75, 3.05) is 32.1 Å². The van der Waals surface area contributed by atoms with E-state index < -0.39 is 0 Å². The molecule has 1 aliphatic heterocycles. The molecule has 1 fully saturated rings. The molecule has 158 valence electrons. The minimum absolute atomic E-state index is 0.141. The van der Waals surface area contributed by atoms with Crippen LogP contribution in [0.4, 0.5) is 5.69 Å². The molecule has 1 aliphatic rings. The van der Waals surface area contributed by atoms with Gasteiger partial charge in [0.05, 0.1) is 7.11 Å². The zero-order chi connectivity index (χ0) is 21.3. The van der Waals surface area contributed by atoms with E-state index in [4.69, 9.17) is 9.47 Å².